The minimum absolute atomic E-state index is 1.16. The van der Waals surface area contributed by atoms with E-state index < -0.39 is 10.4 Å². The Morgan fingerprint density at radius 3 is 1.77 bits per heavy atom. The normalized spacial score (nSPS) is 9.77. The Morgan fingerprint density at radius 2 is 1.54 bits per heavy atom. The van der Waals surface area contributed by atoms with E-state index in [0.29, 0.717) is 0 Å². The molecule has 74 valence electrons. The van der Waals surface area contributed by atoms with Crippen molar-refractivity contribution < 1.29 is 17.5 Å². The zero-order valence-corrected chi connectivity index (χ0v) is 7.82. The van der Waals surface area contributed by atoms with Gasteiger partial charge in [-0.25, -0.2) is 0 Å². The van der Waals surface area contributed by atoms with Crippen LogP contribution in [0.5, 0.6) is 0 Å². The lowest BCUT2D eigenvalue weighted by Crippen LogP contribution is -1.89. The first-order valence-corrected chi connectivity index (χ1v) is 4.76. The van der Waals surface area contributed by atoms with Crippen molar-refractivity contribution in [1.82, 2.24) is 0 Å². The number of hydrogen-bond donors (Lipinski definition) is 3. The summed E-state index contributed by atoms with van der Waals surface area (Å²) in [5.74, 6) is 0. The molecule has 0 fully saturated rings. The summed E-state index contributed by atoms with van der Waals surface area (Å²) in [4.78, 5) is 0. The largest absolute Gasteiger partial charge is 0.394 e. The smallest absolute Gasteiger partial charge is 0.388 e. The molecule has 1 aromatic carbocycles. The standard InChI is InChI=1S/C7H9N.H2O4S/c1-8-7-5-3-2-4-6-7;1-5(2,3)4/h2-6,8H,1H3;(H2,1,2,3,4). The van der Waals surface area contributed by atoms with Crippen LogP contribution in [0.3, 0.4) is 0 Å². The molecule has 0 saturated carbocycles. The maximum absolute atomic E-state index is 8.74. The van der Waals surface area contributed by atoms with Crippen LogP contribution in [-0.2, 0) is 10.4 Å². The molecular formula is C7H11NO4S. The monoisotopic (exact) mass is 205 g/mol. The Hall–Kier alpha value is -1.11. The van der Waals surface area contributed by atoms with Gasteiger partial charge in [0.25, 0.3) is 0 Å². The number of hydrogen-bond acceptors (Lipinski definition) is 3. The van der Waals surface area contributed by atoms with Crippen LogP contribution < -0.4 is 5.32 Å². The van der Waals surface area contributed by atoms with E-state index >= 15 is 0 Å². The van der Waals surface area contributed by atoms with Gasteiger partial charge in [0, 0.05) is 12.7 Å². The van der Waals surface area contributed by atoms with Gasteiger partial charge in [-0.15, -0.1) is 0 Å². The molecule has 1 aromatic rings. The van der Waals surface area contributed by atoms with E-state index in [-0.39, 0.29) is 0 Å². The molecule has 6 heteroatoms. The second-order valence-corrected chi connectivity index (χ2v) is 2.96. The molecule has 0 aliphatic heterocycles. The SMILES string of the molecule is CNc1ccccc1.O=S(=O)(O)O. The number of nitrogens with one attached hydrogen (secondary N) is 1. The van der Waals surface area contributed by atoms with Crippen molar-refractivity contribution in [2.75, 3.05) is 12.4 Å². The van der Waals surface area contributed by atoms with E-state index in [9.17, 15) is 0 Å². The summed E-state index contributed by atoms with van der Waals surface area (Å²) >= 11 is 0. The van der Waals surface area contributed by atoms with Crippen LogP contribution in [0.2, 0.25) is 0 Å². The molecule has 0 bridgehead atoms. The van der Waals surface area contributed by atoms with E-state index in [2.05, 4.69) is 5.32 Å². The van der Waals surface area contributed by atoms with Crippen molar-refractivity contribution in [3.05, 3.63) is 30.3 Å². The van der Waals surface area contributed by atoms with Gasteiger partial charge < -0.3 is 5.32 Å². The third-order valence-electron chi connectivity index (χ3n) is 1.06. The molecule has 3 N–H and O–H groups in total. The number of anilines is 1. The molecule has 0 amide bonds. The lowest BCUT2D eigenvalue weighted by atomic mass is 10.3. The summed E-state index contributed by atoms with van der Waals surface area (Å²) in [5.41, 5.74) is 1.16. The van der Waals surface area contributed by atoms with Crippen molar-refractivity contribution in [2.45, 2.75) is 0 Å². The second-order valence-electron chi connectivity index (χ2n) is 2.06. The molecule has 0 aliphatic carbocycles. The molecule has 0 aromatic heterocycles. The molecule has 0 unspecified atom stereocenters. The van der Waals surface area contributed by atoms with Crippen LogP contribution >= 0.6 is 0 Å². The first kappa shape index (κ1) is 11.9. The van der Waals surface area contributed by atoms with Gasteiger partial charge in [-0.05, 0) is 12.1 Å². The van der Waals surface area contributed by atoms with Gasteiger partial charge in [-0.1, -0.05) is 18.2 Å². The number of benzene rings is 1. The van der Waals surface area contributed by atoms with Crippen molar-refractivity contribution in [1.29, 1.82) is 0 Å². The van der Waals surface area contributed by atoms with Crippen molar-refractivity contribution in [3.63, 3.8) is 0 Å². The first-order valence-electron chi connectivity index (χ1n) is 3.36. The van der Waals surface area contributed by atoms with E-state index in [1.165, 1.54) is 0 Å². The summed E-state index contributed by atoms with van der Waals surface area (Å²) in [6, 6.07) is 10.1. The van der Waals surface area contributed by atoms with Crippen LogP contribution in [0.25, 0.3) is 0 Å². The zero-order valence-electron chi connectivity index (χ0n) is 7.01. The van der Waals surface area contributed by atoms with Gasteiger partial charge in [0.15, 0.2) is 0 Å². The van der Waals surface area contributed by atoms with Crippen LogP contribution in [-0.4, -0.2) is 24.6 Å². The average molecular weight is 205 g/mol. The predicted octanol–water partition coefficient (Wildman–Crippen LogP) is 1.08. The summed E-state index contributed by atoms with van der Waals surface area (Å²) < 4.78 is 31.6. The predicted molar refractivity (Wildman–Crippen MR) is 50.2 cm³/mol. The third-order valence-corrected chi connectivity index (χ3v) is 1.06. The second kappa shape index (κ2) is 5.52. The highest BCUT2D eigenvalue weighted by Crippen LogP contribution is 2.01. The van der Waals surface area contributed by atoms with Gasteiger partial charge in [-0.3, -0.25) is 9.11 Å². The highest BCUT2D eigenvalue weighted by Gasteiger charge is 1.84. The minimum atomic E-state index is -4.67. The fourth-order valence-electron chi connectivity index (χ4n) is 0.605. The van der Waals surface area contributed by atoms with E-state index in [4.69, 9.17) is 17.5 Å². The van der Waals surface area contributed by atoms with Gasteiger partial charge in [-0.2, -0.15) is 8.42 Å². The maximum atomic E-state index is 8.74. The highest BCUT2D eigenvalue weighted by atomic mass is 32.3. The molecule has 0 aliphatic rings. The Labute approximate surface area is 77.0 Å². The fraction of sp³-hybridized carbons (Fsp3) is 0.143. The molecule has 5 nitrogen and oxygen atoms in total. The zero-order chi connectivity index (χ0) is 10.3. The van der Waals surface area contributed by atoms with Crippen LogP contribution in [0.1, 0.15) is 0 Å². The molecule has 1 rings (SSSR count). The molecular weight excluding hydrogens is 194 g/mol. The maximum Gasteiger partial charge on any atom is 0.394 e. The quantitative estimate of drug-likeness (QED) is 0.597. The van der Waals surface area contributed by atoms with E-state index in [1.54, 1.807) is 0 Å². The summed E-state index contributed by atoms with van der Waals surface area (Å²) in [7, 11) is -2.75. The lowest BCUT2D eigenvalue weighted by molar-refractivity contribution is 0.381. The Morgan fingerprint density at radius 1 is 1.15 bits per heavy atom. The Bertz CT molecular complexity index is 314. The van der Waals surface area contributed by atoms with Gasteiger partial charge in [0.1, 0.15) is 0 Å². The van der Waals surface area contributed by atoms with Crippen molar-refractivity contribution in [2.24, 2.45) is 0 Å². The minimum Gasteiger partial charge on any atom is -0.388 e. The number of para-hydroxylation sites is 1. The summed E-state index contributed by atoms with van der Waals surface area (Å²) in [6.45, 7) is 0. The van der Waals surface area contributed by atoms with E-state index in [1.807, 2.05) is 37.4 Å². The van der Waals surface area contributed by atoms with Crippen molar-refractivity contribution >= 4 is 16.1 Å². The molecule has 0 spiro atoms. The van der Waals surface area contributed by atoms with Gasteiger partial charge in [0.2, 0.25) is 0 Å². The molecule has 0 heterocycles. The molecule has 0 atom stereocenters. The number of rotatable bonds is 1. The fourth-order valence-corrected chi connectivity index (χ4v) is 0.605. The first-order chi connectivity index (χ1) is 5.93. The van der Waals surface area contributed by atoms with Crippen LogP contribution in [0.4, 0.5) is 5.69 Å². The Balaban J connectivity index is 0.000000252. The average Bonchev–Trinajstić information content (AvgIpc) is 2.03. The van der Waals surface area contributed by atoms with Gasteiger partial charge >= 0.3 is 10.4 Å². The van der Waals surface area contributed by atoms with Crippen LogP contribution in [0, 0.1) is 0 Å². The molecule has 0 saturated heterocycles. The van der Waals surface area contributed by atoms with Crippen molar-refractivity contribution in [3.8, 4) is 0 Å². The lowest BCUT2D eigenvalue weighted by Gasteiger charge is -1.94. The van der Waals surface area contributed by atoms with Crippen LogP contribution in [0.15, 0.2) is 30.3 Å². The molecule has 0 radical (unpaired) electrons. The summed E-state index contributed by atoms with van der Waals surface area (Å²) in [6.07, 6.45) is 0. The summed E-state index contributed by atoms with van der Waals surface area (Å²) in [5, 5.41) is 3.03. The third kappa shape index (κ3) is 10.9. The molecule has 13 heavy (non-hydrogen) atoms. The Kier molecular flexibility index (Phi) is 5.05. The topological polar surface area (TPSA) is 86.6 Å². The van der Waals surface area contributed by atoms with E-state index in [0.717, 1.165) is 5.69 Å². The van der Waals surface area contributed by atoms with Gasteiger partial charge in [0.05, 0.1) is 0 Å². The highest BCUT2D eigenvalue weighted by molar-refractivity contribution is 7.79.